The van der Waals surface area contributed by atoms with E-state index in [9.17, 15) is 18.1 Å². The molecule has 0 aliphatic rings. The lowest BCUT2D eigenvalue weighted by Crippen LogP contribution is -2.32. The zero-order valence-electron chi connectivity index (χ0n) is 12.9. The van der Waals surface area contributed by atoms with Crippen LogP contribution in [0.5, 0.6) is 0 Å². The molecule has 6 heteroatoms. The summed E-state index contributed by atoms with van der Waals surface area (Å²) in [6.07, 6.45) is 0.313. The van der Waals surface area contributed by atoms with E-state index in [0.717, 1.165) is 22.6 Å². The summed E-state index contributed by atoms with van der Waals surface area (Å²) in [4.78, 5) is 0.732. The van der Waals surface area contributed by atoms with E-state index in [4.69, 9.17) is 0 Å². The van der Waals surface area contributed by atoms with E-state index >= 15 is 0 Å². The van der Waals surface area contributed by atoms with Crippen LogP contribution in [0.15, 0.2) is 47.4 Å². The quantitative estimate of drug-likeness (QED) is 0.851. The van der Waals surface area contributed by atoms with Gasteiger partial charge in [0.25, 0.3) is 0 Å². The van der Waals surface area contributed by atoms with Crippen LogP contribution in [-0.2, 0) is 17.3 Å². The Morgan fingerprint density at radius 1 is 1.13 bits per heavy atom. The molecule has 0 heterocycles. The van der Waals surface area contributed by atoms with Gasteiger partial charge in [0.15, 0.2) is 0 Å². The Morgan fingerprint density at radius 3 is 2.22 bits per heavy atom. The number of hydrogen-bond acceptors (Lipinski definition) is 3. The van der Waals surface area contributed by atoms with E-state index in [1.54, 1.807) is 25.3 Å². The molecule has 0 radical (unpaired) electrons. The van der Waals surface area contributed by atoms with Gasteiger partial charge in [-0.05, 0) is 36.8 Å². The van der Waals surface area contributed by atoms with Gasteiger partial charge in [-0.1, -0.05) is 18.2 Å². The maximum Gasteiger partial charge on any atom is 0.132 e. The van der Waals surface area contributed by atoms with Crippen LogP contribution in [0, 0.1) is 11.6 Å². The summed E-state index contributed by atoms with van der Waals surface area (Å²) in [5, 5.41) is 13.2. The van der Waals surface area contributed by atoms with Crippen LogP contribution >= 0.6 is 0 Å². The highest BCUT2D eigenvalue weighted by atomic mass is 32.2. The monoisotopic (exact) mass is 339 g/mol. The third-order valence-corrected chi connectivity index (χ3v) is 4.59. The van der Waals surface area contributed by atoms with E-state index in [2.05, 4.69) is 5.32 Å². The first-order chi connectivity index (χ1) is 10.9. The topological polar surface area (TPSA) is 49.3 Å². The van der Waals surface area contributed by atoms with Crippen LogP contribution in [0.2, 0.25) is 0 Å². The molecular formula is C17H19F2NO2S. The number of nitrogens with one attached hydrogen (secondary N) is 1. The predicted molar refractivity (Wildman–Crippen MR) is 86.4 cm³/mol. The van der Waals surface area contributed by atoms with Gasteiger partial charge in [-0.3, -0.25) is 4.21 Å². The summed E-state index contributed by atoms with van der Waals surface area (Å²) in [6, 6.07) is 10.2. The van der Waals surface area contributed by atoms with E-state index < -0.39 is 34.6 Å². The number of aliphatic hydroxyl groups excluding tert-OH is 1. The third-order valence-electron chi connectivity index (χ3n) is 3.65. The van der Waals surface area contributed by atoms with Crippen molar-refractivity contribution in [2.45, 2.75) is 30.5 Å². The van der Waals surface area contributed by atoms with Crippen molar-refractivity contribution in [1.29, 1.82) is 0 Å². The van der Waals surface area contributed by atoms with Crippen molar-refractivity contribution in [3.63, 3.8) is 0 Å². The molecule has 23 heavy (non-hydrogen) atoms. The summed E-state index contributed by atoms with van der Waals surface area (Å²) in [7, 11) is -1.03. The van der Waals surface area contributed by atoms with Crippen LogP contribution < -0.4 is 5.32 Å². The second kappa shape index (κ2) is 7.77. The van der Waals surface area contributed by atoms with Gasteiger partial charge in [-0.25, -0.2) is 8.78 Å². The first kappa shape index (κ1) is 17.7. The molecule has 0 aromatic heterocycles. The molecule has 124 valence electrons. The van der Waals surface area contributed by atoms with E-state index in [1.165, 1.54) is 6.07 Å². The largest absolute Gasteiger partial charge is 0.387 e. The van der Waals surface area contributed by atoms with Crippen LogP contribution in [0.1, 0.15) is 24.2 Å². The minimum atomic E-state index is -1.29. The summed E-state index contributed by atoms with van der Waals surface area (Å²) < 4.78 is 38.7. The predicted octanol–water partition coefficient (Wildman–Crippen LogP) is 2.91. The zero-order valence-corrected chi connectivity index (χ0v) is 13.7. The number of benzene rings is 2. The summed E-state index contributed by atoms with van der Waals surface area (Å²) >= 11 is 0. The van der Waals surface area contributed by atoms with Crippen LogP contribution in [0.4, 0.5) is 8.78 Å². The molecule has 2 N–H and O–H groups in total. The summed E-state index contributed by atoms with van der Waals surface area (Å²) in [6.45, 7) is 2.08. The standard InChI is InChI=1S/C17H19F2NO2S/c1-11(17(21)16-14(18)4-3-5-15(16)19)20-10-12-6-8-13(9-7-12)23(2)22/h3-9,11,17,20-21H,10H2,1-2H3/t11-,17-,23-/m0/s1. The molecule has 0 aliphatic carbocycles. The maximum absolute atomic E-state index is 13.7. The fraction of sp³-hybridized carbons (Fsp3) is 0.294. The fourth-order valence-corrected chi connectivity index (χ4v) is 2.75. The van der Waals surface area contributed by atoms with Crippen molar-refractivity contribution >= 4 is 10.8 Å². The van der Waals surface area contributed by atoms with E-state index in [0.29, 0.717) is 6.54 Å². The second-order valence-corrected chi connectivity index (χ2v) is 6.73. The summed E-state index contributed by atoms with van der Waals surface area (Å²) in [5.41, 5.74) is 0.594. The van der Waals surface area contributed by atoms with Crippen molar-refractivity contribution < 1.29 is 18.1 Å². The normalized spacial score (nSPS) is 15.2. The molecule has 0 amide bonds. The van der Waals surface area contributed by atoms with Gasteiger partial charge in [-0.2, -0.15) is 0 Å². The maximum atomic E-state index is 13.7. The highest BCUT2D eigenvalue weighted by molar-refractivity contribution is 7.84. The zero-order chi connectivity index (χ0) is 17.0. The highest BCUT2D eigenvalue weighted by Gasteiger charge is 2.23. The van der Waals surface area contributed by atoms with Crippen molar-refractivity contribution in [3.05, 3.63) is 65.2 Å². The Hall–Kier alpha value is -1.63. The first-order valence-corrected chi connectivity index (χ1v) is 8.73. The minimum Gasteiger partial charge on any atom is -0.387 e. The molecule has 3 atom stereocenters. The number of hydrogen-bond donors (Lipinski definition) is 2. The Kier molecular flexibility index (Phi) is 5.98. The van der Waals surface area contributed by atoms with E-state index in [-0.39, 0.29) is 5.56 Å². The molecule has 0 saturated heterocycles. The highest BCUT2D eigenvalue weighted by Crippen LogP contribution is 2.23. The average Bonchev–Trinajstić information content (AvgIpc) is 2.52. The van der Waals surface area contributed by atoms with Crippen molar-refractivity contribution in [2.75, 3.05) is 6.26 Å². The molecule has 0 bridgehead atoms. The van der Waals surface area contributed by atoms with Gasteiger partial charge >= 0.3 is 0 Å². The van der Waals surface area contributed by atoms with Gasteiger partial charge in [0, 0.05) is 34.5 Å². The van der Waals surface area contributed by atoms with Crippen LogP contribution in [0.25, 0.3) is 0 Å². The Morgan fingerprint density at radius 2 is 1.70 bits per heavy atom. The lowest BCUT2D eigenvalue weighted by molar-refractivity contribution is 0.127. The van der Waals surface area contributed by atoms with Crippen molar-refractivity contribution in [2.24, 2.45) is 0 Å². The smallest absolute Gasteiger partial charge is 0.132 e. The van der Waals surface area contributed by atoms with Gasteiger partial charge in [0.2, 0.25) is 0 Å². The van der Waals surface area contributed by atoms with Crippen molar-refractivity contribution in [3.8, 4) is 0 Å². The molecule has 0 aliphatic heterocycles. The Bertz CT molecular complexity index is 671. The van der Waals surface area contributed by atoms with Gasteiger partial charge in [-0.15, -0.1) is 0 Å². The van der Waals surface area contributed by atoms with Gasteiger partial charge in [0.1, 0.15) is 11.6 Å². The molecule has 2 rings (SSSR count). The third kappa shape index (κ3) is 4.43. The van der Waals surface area contributed by atoms with Crippen LogP contribution in [0.3, 0.4) is 0 Å². The lowest BCUT2D eigenvalue weighted by Gasteiger charge is -2.21. The molecule has 0 fully saturated rings. The molecule has 0 saturated carbocycles. The fourth-order valence-electron chi connectivity index (χ4n) is 2.23. The Labute approximate surface area is 136 Å². The lowest BCUT2D eigenvalue weighted by atomic mass is 10.0. The first-order valence-electron chi connectivity index (χ1n) is 7.18. The molecule has 2 aromatic rings. The Balaban J connectivity index is 2.01. The minimum absolute atomic E-state index is 0.329. The van der Waals surface area contributed by atoms with Crippen LogP contribution in [-0.4, -0.2) is 21.6 Å². The molecule has 2 aromatic carbocycles. The molecular weight excluding hydrogens is 320 g/mol. The number of rotatable bonds is 6. The molecule has 0 spiro atoms. The van der Waals surface area contributed by atoms with Gasteiger partial charge in [0.05, 0.1) is 11.7 Å². The number of halogens is 2. The molecule has 3 nitrogen and oxygen atoms in total. The SMILES string of the molecule is C[C@H](NCc1ccc([S@](C)=O)cc1)[C@H](O)c1c(F)cccc1F. The van der Waals surface area contributed by atoms with E-state index in [1.807, 2.05) is 12.1 Å². The summed E-state index contributed by atoms with van der Waals surface area (Å²) in [5.74, 6) is -1.53. The molecule has 0 unspecified atom stereocenters. The van der Waals surface area contributed by atoms with Crippen molar-refractivity contribution in [1.82, 2.24) is 5.32 Å². The number of aliphatic hydroxyl groups is 1. The second-order valence-electron chi connectivity index (χ2n) is 5.35. The average molecular weight is 339 g/mol. The van der Waals surface area contributed by atoms with Gasteiger partial charge < -0.3 is 10.4 Å².